The third-order valence-corrected chi connectivity index (χ3v) is 4.26. The maximum Gasteiger partial charge on any atom is 0.417 e. The molecule has 1 aromatic rings. The summed E-state index contributed by atoms with van der Waals surface area (Å²) in [6, 6.07) is 4.77. The van der Waals surface area contributed by atoms with Gasteiger partial charge in [0, 0.05) is 24.5 Å². The molecule has 0 aliphatic carbocycles. The number of rotatable bonds is 2. The van der Waals surface area contributed by atoms with Crippen LogP contribution in [-0.4, -0.2) is 35.8 Å². The van der Waals surface area contributed by atoms with Gasteiger partial charge in [-0.1, -0.05) is 32.9 Å². The minimum absolute atomic E-state index is 0.0614. The summed E-state index contributed by atoms with van der Waals surface area (Å²) in [5.41, 5.74) is -1.74. The predicted molar refractivity (Wildman–Crippen MR) is 88.0 cm³/mol. The molecule has 7 heteroatoms. The van der Waals surface area contributed by atoms with Crippen molar-refractivity contribution in [2.24, 2.45) is 5.41 Å². The van der Waals surface area contributed by atoms with E-state index in [1.165, 1.54) is 23.1 Å². The van der Waals surface area contributed by atoms with Gasteiger partial charge in [0.25, 0.3) is 5.91 Å². The SMILES string of the molecule is CC(C)(C)C(=O)NC1CCN(C(=O)c2ccccc2C(F)(F)F)CC1. The highest BCUT2D eigenvalue weighted by Gasteiger charge is 2.36. The highest BCUT2D eigenvalue weighted by molar-refractivity contribution is 5.96. The third kappa shape index (κ3) is 4.74. The molecule has 138 valence electrons. The number of nitrogens with one attached hydrogen (secondary N) is 1. The Balaban J connectivity index is 2.02. The molecule has 2 rings (SSSR count). The molecule has 2 amide bonds. The largest absolute Gasteiger partial charge is 0.417 e. The van der Waals surface area contributed by atoms with Crippen molar-refractivity contribution in [1.82, 2.24) is 10.2 Å². The number of alkyl halides is 3. The fourth-order valence-electron chi connectivity index (χ4n) is 2.72. The van der Waals surface area contributed by atoms with Crippen molar-refractivity contribution in [3.05, 3.63) is 35.4 Å². The van der Waals surface area contributed by atoms with Gasteiger partial charge in [0.1, 0.15) is 0 Å². The quantitative estimate of drug-likeness (QED) is 0.882. The number of piperidine rings is 1. The van der Waals surface area contributed by atoms with Gasteiger partial charge in [-0.15, -0.1) is 0 Å². The molecule has 0 radical (unpaired) electrons. The van der Waals surface area contributed by atoms with Crippen molar-refractivity contribution in [1.29, 1.82) is 0 Å². The Hall–Kier alpha value is -2.05. The Labute approximate surface area is 145 Å². The first-order valence-electron chi connectivity index (χ1n) is 8.26. The molecule has 1 fully saturated rings. The minimum atomic E-state index is -4.56. The molecular formula is C18H23F3N2O2. The van der Waals surface area contributed by atoms with Gasteiger partial charge >= 0.3 is 6.18 Å². The number of carbonyl (C=O) groups excluding carboxylic acids is 2. The van der Waals surface area contributed by atoms with Crippen LogP contribution in [-0.2, 0) is 11.0 Å². The monoisotopic (exact) mass is 356 g/mol. The Morgan fingerprint density at radius 2 is 1.64 bits per heavy atom. The minimum Gasteiger partial charge on any atom is -0.353 e. The second kappa shape index (κ2) is 7.06. The summed E-state index contributed by atoms with van der Waals surface area (Å²) in [7, 11) is 0. The van der Waals surface area contributed by atoms with Crippen molar-refractivity contribution in [2.75, 3.05) is 13.1 Å². The molecule has 0 aromatic heterocycles. The standard InChI is InChI=1S/C18H23F3N2O2/c1-17(2,3)16(25)22-12-8-10-23(11-9-12)15(24)13-6-4-5-7-14(13)18(19,20)21/h4-7,12H,8-11H2,1-3H3,(H,22,25). The molecule has 1 aliphatic heterocycles. The van der Waals surface area contributed by atoms with Crippen LogP contribution in [0.3, 0.4) is 0 Å². The summed E-state index contributed by atoms with van der Waals surface area (Å²) < 4.78 is 39.2. The molecule has 0 atom stereocenters. The van der Waals surface area contributed by atoms with E-state index >= 15 is 0 Å². The predicted octanol–water partition coefficient (Wildman–Crippen LogP) is 3.47. The van der Waals surface area contributed by atoms with E-state index in [9.17, 15) is 22.8 Å². The van der Waals surface area contributed by atoms with E-state index in [0.29, 0.717) is 25.9 Å². The van der Waals surface area contributed by atoms with E-state index in [2.05, 4.69) is 5.32 Å². The normalized spacial score (nSPS) is 16.6. The number of carbonyl (C=O) groups is 2. The number of nitrogens with zero attached hydrogens (tertiary/aromatic N) is 1. The third-order valence-electron chi connectivity index (χ3n) is 4.26. The average molecular weight is 356 g/mol. The highest BCUT2D eigenvalue weighted by Crippen LogP contribution is 2.32. The first kappa shape index (κ1) is 19.3. The topological polar surface area (TPSA) is 49.4 Å². The summed E-state index contributed by atoms with van der Waals surface area (Å²) >= 11 is 0. The van der Waals surface area contributed by atoms with Crippen LogP contribution < -0.4 is 5.32 Å². The van der Waals surface area contributed by atoms with E-state index < -0.39 is 23.1 Å². The molecule has 25 heavy (non-hydrogen) atoms. The lowest BCUT2D eigenvalue weighted by Gasteiger charge is -2.34. The molecule has 0 bridgehead atoms. The summed E-state index contributed by atoms with van der Waals surface area (Å²) in [6.45, 7) is 6.08. The second-order valence-corrected chi connectivity index (χ2v) is 7.33. The number of hydrogen-bond acceptors (Lipinski definition) is 2. The number of benzene rings is 1. The first-order valence-corrected chi connectivity index (χ1v) is 8.26. The van der Waals surface area contributed by atoms with Gasteiger partial charge in [-0.2, -0.15) is 13.2 Å². The van der Waals surface area contributed by atoms with Gasteiger partial charge in [0.2, 0.25) is 5.91 Å². The first-order chi connectivity index (χ1) is 11.5. The van der Waals surface area contributed by atoms with E-state index in [-0.39, 0.29) is 17.5 Å². The van der Waals surface area contributed by atoms with E-state index in [4.69, 9.17) is 0 Å². The van der Waals surface area contributed by atoms with Crippen LogP contribution in [0.25, 0.3) is 0 Å². The smallest absolute Gasteiger partial charge is 0.353 e. The summed E-state index contributed by atoms with van der Waals surface area (Å²) in [5, 5.41) is 2.94. The lowest BCUT2D eigenvalue weighted by molar-refractivity contribution is -0.138. The van der Waals surface area contributed by atoms with Crippen LogP contribution >= 0.6 is 0 Å². The maximum absolute atomic E-state index is 13.1. The number of halogens is 3. The van der Waals surface area contributed by atoms with Gasteiger partial charge in [-0.25, -0.2) is 0 Å². The molecule has 0 unspecified atom stereocenters. The zero-order valence-corrected chi connectivity index (χ0v) is 14.6. The summed E-state index contributed by atoms with van der Waals surface area (Å²) in [4.78, 5) is 25.9. The van der Waals surface area contributed by atoms with Crippen LogP contribution in [0.1, 0.15) is 49.5 Å². The molecule has 0 spiro atoms. The molecule has 1 aliphatic rings. The zero-order valence-electron chi connectivity index (χ0n) is 14.6. The Bertz CT molecular complexity index is 642. The van der Waals surface area contributed by atoms with Crippen molar-refractivity contribution in [3.8, 4) is 0 Å². The molecule has 1 heterocycles. The van der Waals surface area contributed by atoms with Gasteiger partial charge in [-0.3, -0.25) is 9.59 Å². The molecule has 0 saturated carbocycles. The van der Waals surface area contributed by atoms with Crippen LogP contribution in [0.15, 0.2) is 24.3 Å². The van der Waals surface area contributed by atoms with Crippen molar-refractivity contribution >= 4 is 11.8 Å². The molecule has 1 saturated heterocycles. The average Bonchev–Trinajstić information content (AvgIpc) is 2.53. The highest BCUT2D eigenvalue weighted by atomic mass is 19.4. The Kier molecular flexibility index (Phi) is 5.44. The van der Waals surface area contributed by atoms with Gasteiger partial charge in [0.05, 0.1) is 11.1 Å². The number of hydrogen-bond donors (Lipinski definition) is 1. The van der Waals surface area contributed by atoms with Crippen molar-refractivity contribution in [2.45, 2.75) is 45.8 Å². The van der Waals surface area contributed by atoms with Gasteiger partial charge in [-0.05, 0) is 25.0 Å². The van der Waals surface area contributed by atoms with Crippen LogP contribution in [0, 0.1) is 5.41 Å². The van der Waals surface area contributed by atoms with Crippen molar-refractivity contribution in [3.63, 3.8) is 0 Å². The molecule has 1 aromatic carbocycles. The maximum atomic E-state index is 13.1. The van der Waals surface area contributed by atoms with Crippen LogP contribution in [0.5, 0.6) is 0 Å². The summed E-state index contributed by atoms with van der Waals surface area (Å²) in [5.74, 6) is -0.687. The second-order valence-electron chi connectivity index (χ2n) is 7.33. The van der Waals surface area contributed by atoms with Gasteiger partial charge < -0.3 is 10.2 Å². The molecular weight excluding hydrogens is 333 g/mol. The molecule has 1 N–H and O–H groups in total. The van der Waals surface area contributed by atoms with Crippen molar-refractivity contribution < 1.29 is 22.8 Å². The fourth-order valence-corrected chi connectivity index (χ4v) is 2.72. The van der Waals surface area contributed by atoms with E-state index in [1.54, 1.807) is 0 Å². The van der Waals surface area contributed by atoms with Crippen LogP contribution in [0.2, 0.25) is 0 Å². The van der Waals surface area contributed by atoms with Crippen LogP contribution in [0.4, 0.5) is 13.2 Å². The molecule has 4 nitrogen and oxygen atoms in total. The lowest BCUT2D eigenvalue weighted by atomic mass is 9.94. The Morgan fingerprint density at radius 1 is 1.08 bits per heavy atom. The zero-order chi connectivity index (χ0) is 18.8. The van der Waals surface area contributed by atoms with E-state index in [0.717, 1.165) is 6.07 Å². The fraction of sp³-hybridized carbons (Fsp3) is 0.556. The summed E-state index contributed by atoms with van der Waals surface area (Å²) in [6.07, 6.45) is -3.51. The Morgan fingerprint density at radius 3 is 2.16 bits per heavy atom. The number of amides is 2. The van der Waals surface area contributed by atoms with E-state index in [1.807, 2.05) is 20.8 Å². The number of likely N-dealkylation sites (tertiary alicyclic amines) is 1. The van der Waals surface area contributed by atoms with Gasteiger partial charge in [0.15, 0.2) is 0 Å². The lowest BCUT2D eigenvalue weighted by Crippen LogP contribution is -2.49.